The molecule has 0 radical (unpaired) electrons. The van der Waals surface area contributed by atoms with Crippen molar-refractivity contribution in [1.29, 1.82) is 0 Å². The van der Waals surface area contributed by atoms with Gasteiger partial charge in [0, 0.05) is 12.2 Å². The van der Waals surface area contributed by atoms with Gasteiger partial charge in [-0.25, -0.2) is 8.78 Å². The third-order valence-electron chi connectivity index (χ3n) is 4.27. The lowest BCUT2D eigenvalue weighted by Crippen LogP contribution is -2.32. The molecule has 1 fully saturated rings. The molecule has 24 heavy (non-hydrogen) atoms. The van der Waals surface area contributed by atoms with Crippen molar-refractivity contribution in [2.24, 2.45) is 0 Å². The highest BCUT2D eigenvalue weighted by atomic mass is 19.2. The Bertz CT molecular complexity index is 734. The van der Waals surface area contributed by atoms with Gasteiger partial charge >= 0.3 is 0 Å². The topological polar surface area (TPSA) is 42.4 Å². The van der Waals surface area contributed by atoms with E-state index in [0.717, 1.165) is 18.9 Å². The Morgan fingerprint density at radius 2 is 2.12 bits per heavy atom. The smallest absolute Gasteiger partial charge is 0.229 e. The van der Waals surface area contributed by atoms with Crippen molar-refractivity contribution in [2.75, 3.05) is 13.7 Å². The van der Waals surface area contributed by atoms with Crippen LogP contribution in [0.3, 0.4) is 0 Å². The third kappa shape index (κ3) is 3.37. The fourth-order valence-corrected chi connectivity index (χ4v) is 3.02. The summed E-state index contributed by atoms with van der Waals surface area (Å²) >= 11 is 0. The standard InChI is InChI=1S/C18H18F2N2O2/c1-24-14-6-5-13(21-11-14)10-18(23)22-8-2-3-17(22)12-4-7-15(19)16(20)9-12/h4-7,9,11,17H,2-3,8,10H2,1H3. The van der Waals surface area contributed by atoms with Gasteiger partial charge in [-0.15, -0.1) is 0 Å². The summed E-state index contributed by atoms with van der Waals surface area (Å²) in [5, 5.41) is 0. The van der Waals surface area contributed by atoms with Gasteiger partial charge in [0.25, 0.3) is 0 Å². The summed E-state index contributed by atoms with van der Waals surface area (Å²) < 4.78 is 31.6. The molecule has 3 rings (SSSR count). The molecule has 2 heterocycles. The van der Waals surface area contributed by atoms with Crippen molar-refractivity contribution >= 4 is 5.91 Å². The van der Waals surface area contributed by atoms with E-state index < -0.39 is 11.6 Å². The number of hydrogen-bond donors (Lipinski definition) is 0. The summed E-state index contributed by atoms with van der Waals surface area (Å²) in [7, 11) is 1.55. The van der Waals surface area contributed by atoms with Crippen LogP contribution in [0.2, 0.25) is 0 Å². The lowest BCUT2D eigenvalue weighted by atomic mass is 10.0. The maximum atomic E-state index is 13.5. The summed E-state index contributed by atoms with van der Waals surface area (Å²) in [5.74, 6) is -1.20. The molecule has 0 saturated carbocycles. The second-order valence-corrected chi connectivity index (χ2v) is 5.78. The first-order valence-corrected chi connectivity index (χ1v) is 7.82. The number of carbonyl (C=O) groups excluding carboxylic acids is 1. The number of rotatable bonds is 4. The Balaban J connectivity index is 1.74. The summed E-state index contributed by atoms with van der Waals surface area (Å²) in [4.78, 5) is 18.5. The number of ether oxygens (including phenoxy) is 1. The van der Waals surface area contributed by atoms with Gasteiger partial charge in [0.15, 0.2) is 11.6 Å². The number of likely N-dealkylation sites (tertiary alicyclic amines) is 1. The molecule has 1 aliphatic heterocycles. The van der Waals surface area contributed by atoms with Crippen LogP contribution in [0.1, 0.15) is 30.1 Å². The molecule has 0 spiro atoms. The third-order valence-corrected chi connectivity index (χ3v) is 4.27. The SMILES string of the molecule is COc1ccc(CC(=O)N2CCCC2c2ccc(F)c(F)c2)nc1. The maximum absolute atomic E-state index is 13.5. The number of carbonyl (C=O) groups is 1. The van der Waals surface area contributed by atoms with Crippen molar-refractivity contribution in [3.8, 4) is 5.75 Å². The van der Waals surface area contributed by atoms with E-state index in [0.29, 0.717) is 23.6 Å². The minimum atomic E-state index is -0.886. The van der Waals surface area contributed by atoms with E-state index in [1.807, 2.05) is 0 Å². The molecule has 6 heteroatoms. The number of benzene rings is 1. The zero-order valence-electron chi connectivity index (χ0n) is 13.3. The van der Waals surface area contributed by atoms with Crippen LogP contribution in [0.5, 0.6) is 5.75 Å². The predicted octanol–water partition coefficient (Wildman–Crippen LogP) is 3.27. The van der Waals surface area contributed by atoms with Gasteiger partial charge in [0.2, 0.25) is 5.91 Å². The van der Waals surface area contributed by atoms with Crippen LogP contribution in [0.15, 0.2) is 36.5 Å². The number of nitrogens with zero attached hydrogens (tertiary/aromatic N) is 2. The van der Waals surface area contributed by atoms with Gasteiger partial charge in [0.05, 0.1) is 25.8 Å². The van der Waals surface area contributed by atoms with E-state index in [1.54, 1.807) is 36.4 Å². The second kappa shape index (κ2) is 6.95. The molecule has 1 unspecified atom stereocenters. The average Bonchev–Trinajstić information content (AvgIpc) is 3.08. The molecule has 1 aliphatic rings. The van der Waals surface area contributed by atoms with Crippen LogP contribution < -0.4 is 4.74 Å². The minimum Gasteiger partial charge on any atom is -0.495 e. The van der Waals surface area contributed by atoms with Gasteiger partial charge in [-0.3, -0.25) is 9.78 Å². The molecule has 1 saturated heterocycles. The largest absolute Gasteiger partial charge is 0.495 e. The van der Waals surface area contributed by atoms with Gasteiger partial charge in [0.1, 0.15) is 5.75 Å². The van der Waals surface area contributed by atoms with Gasteiger partial charge in [-0.05, 0) is 42.7 Å². The summed E-state index contributed by atoms with van der Waals surface area (Å²) in [6, 6.07) is 7.12. The fourth-order valence-electron chi connectivity index (χ4n) is 3.02. The highest BCUT2D eigenvalue weighted by Gasteiger charge is 2.30. The predicted molar refractivity (Wildman–Crippen MR) is 84.5 cm³/mol. The molecule has 1 aromatic heterocycles. The van der Waals surface area contributed by atoms with E-state index in [-0.39, 0.29) is 18.4 Å². The highest BCUT2D eigenvalue weighted by molar-refractivity contribution is 5.79. The molecule has 0 aliphatic carbocycles. The average molecular weight is 332 g/mol. The van der Waals surface area contributed by atoms with Crippen molar-refractivity contribution in [3.63, 3.8) is 0 Å². The number of halogens is 2. The number of aromatic nitrogens is 1. The summed E-state index contributed by atoms with van der Waals surface area (Å²) in [5.41, 5.74) is 1.28. The van der Waals surface area contributed by atoms with Crippen LogP contribution in [-0.2, 0) is 11.2 Å². The molecule has 2 aromatic rings. The van der Waals surface area contributed by atoms with Crippen LogP contribution >= 0.6 is 0 Å². The Morgan fingerprint density at radius 3 is 2.79 bits per heavy atom. The first-order chi connectivity index (χ1) is 11.6. The van der Waals surface area contributed by atoms with Crippen molar-refractivity contribution in [3.05, 3.63) is 59.4 Å². The zero-order valence-corrected chi connectivity index (χ0v) is 13.3. The Hall–Kier alpha value is -2.50. The van der Waals surface area contributed by atoms with E-state index in [1.165, 1.54) is 6.07 Å². The quantitative estimate of drug-likeness (QED) is 0.863. The van der Waals surface area contributed by atoms with Crippen molar-refractivity contribution < 1.29 is 18.3 Å². The second-order valence-electron chi connectivity index (χ2n) is 5.78. The normalized spacial score (nSPS) is 17.1. The van der Waals surface area contributed by atoms with Crippen molar-refractivity contribution in [2.45, 2.75) is 25.3 Å². The number of amides is 1. The monoisotopic (exact) mass is 332 g/mol. The van der Waals surface area contributed by atoms with Crippen LogP contribution in [0.4, 0.5) is 8.78 Å². The molecule has 0 N–H and O–H groups in total. The van der Waals surface area contributed by atoms with Gasteiger partial charge in [-0.1, -0.05) is 6.07 Å². The molecular weight excluding hydrogens is 314 g/mol. The van der Waals surface area contributed by atoms with Crippen LogP contribution in [0, 0.1) is 11.6 Å². The Labute approximate surface area is 139 Å². The van der Waals surface area contributed by atoms with E-state index in [2.05, 4.69) is 4.98 Å². The molecule has 1 atom stereocenters. The minimum absolute atomic E-state index is 0.0695. The van der Waals surface area contributed by atoms with E-state index in [4.69, 9.17) is 4.74 Å². The lowest BCUT2D eigenvalue weighted by molar-refractivity contribution is -0.131. The van der Waals surface area contributed by atoms with Crippen molar-refractivity contribution in [1.82, 2.24) is 9.88 Å². The zero-order chi connectivity index (χ0) is 17.1. The lowest BCUT2D eigenvalue weighted by Gasteiger charge is -2.25. The van der Waals surface area contributed by atoms with E-state index >= 15 is 0 Å². The van der Waals surface area contributed by atoms with Gasteiger partial charge < -0.3 is 9.64 Å². The number of methoxy groups -OCH3 is 1. The van der Waals surface area contributed by atoms with Crippen LogP contribution in [-0.4, -0.2) is 29.4 Å². The molecule has 1 aromatic carbocycles. The molecule has 0 bridgehead atoms. The Kier molecular flexibility index (Phi) is 4.74. The summed E-state index contributed by atoms with van der Waals surface area (Å²) in [6.07, 6.45) is 3.32. The molecule has 4 nitrogen and oxygen atoms in total. The van der Waals surface area contributed by atoms with Crippen LogP contribution in [0.25, 0.3) is 0 Å². The number of pyridine rings is 1. The Morgan fingerprint density at radius 1 is 1.29 bits per heavy atom. The first-order valence-electron chi connectivity index (χ1n) is 7.82. The molecule has 1 amide bonds. The first kappa shape index (κ1) is 16.4. The molecule has 126 valence electrons. The maximum Gasteiger partial charge on any atom is 0.229 e. The number of hydrogen-bond acceptors (Lipinski definition) is 3. The van der Waals surface area contributed by atoms with E-state index in [9.17, 15) is 13.6 Å². The molecular formula is C18H18F2N2O2. The fraction of sp³-hybridized carbons (Fsp3) is 0.333. The summed E-state index contributed by atoms with van der Waals surface area (Å²) in [6.45, 7) is 0.610. The highest BCUT2D eigenvalue weighted by Crippen LogP contribution is 2.33. The van der Waals surface area contributed by atoms with Gasteiger partial charge in [-0.2, -0.15) is 0 Å².